The molecule has 2 aromatic heterocycles. The molecule has 2 aromatic rings. The minimum Gasteiger partial charge on any atom is -0.351 e. The van der Waals surface area contributed by atoms with Crippen molar-refractivity contribution in [2.45, 2.75) is 18.6 Å². The Bertz CT molecular complexity index is 606. The average Bonchev–Trinajstić information content (AvgIpc) is 2.98. The number of imidazole rings is 1. The predicted octanol–water partition coefficient (Wildman–Crippen LogP) is 0.999. The van der Waals surface area contributed by atoms with Crippen LogP contribution in [0.2, 0.25) is 0 Å². The molecule has 1 aliphatic rings. The van der Waals surface area contributed by atoms with Crippen molar-refractivity contribution >= 4 is 17.7 Å². The van der Waals surface area contributed by atoms with Crippen molar-refractivity contribution in [1.29, 1.82) is 0 Å². The summed E-state index contributed by atoms with van der Waals surface area (Å²) in [5, 5.41) is 6.66. The molecular formula is C11H13N5O2S. The van der Waals surface area contributed by atoms with Crippen LogP contribution >= 0.6 is 11.8 Å². The summed E-state index contributed by atoms with van der Waals surface area (Å²) >= 11 is 1.61. The standard InChI is InChI=1S/C11H13N5O2S/c1-19-5-7-14-11(18-16-7)9-13-6-3-2-4-12-10(17)8(6)15-9/h2-5H2,1H3,(H,12,17)(H,13,15). The number of amides is 1. The summed E-state index contributed by atoms with van der Waals surface area (Å²) in [6.45, 7) is 0.677. The smallest absolute Gasteiger partial charge is 0.293 e. The summed E-state index contributed by atoms with van der Waals surface area (Å²) in [6.07, 6.45) is 3.64. The highest BCUT2D eigenvalue weighted by atomic mass is 32.2. The van der Waals surface area contributed by atoms with Crippen molar-refractivity contribution in [1.82, 2.24) is 25.4 Å². The lowest BCUT2D eigenvalue weighted by atomic mass is 10.2. The van der Waals surface area contributed by atoms with Crippen LogP contribution < -0.4 is 5.32 Å². The van der Waals surface area contributed by atoms with E-state index in [2.05, 4.69) is 25.4 Å². The fourth-order valence-corrected chi connectivity index (χ4v) is 2.34. The van der Waals surface area contributed by atoms with Gasteiger partial charge in [-0.1, -0.05) is 5.16 Å². The number of aromatic nitrogens is 4. The molecule has 8 heteroatoms. The van der Waals surface area contributed by atoms with Gasteiger partial charge in [0, 0.05) is 12.2 Å². The van der Waals surface area contributed by atoms with E-state index in [1.165, 1.54) is 0 Å². The van der Waals surface area contributed by atoms with Crippen molar-refractivity contribution in [3.63, 3.8) is 0 Å². The molecule has 1 aliphatic heterocycles. The largest absolute Gasteiger partial charge is 0.351 e. The second-order valence-corrected chi connectivity index (χ2v) is 5.09. The van der Waals surface area contributed by atoms with Crippen molar-refractivity contribution in [2.24, 2.45) is 0 Å². The van der Waals surface area contributed by atoms with E-state index in [0.717, 1.165) is 18.5 Å². The fourth-order valence-electron chi connectivity index (χ4n) is 1.97. The van der Waals surface area contributed by atoms with Gasteiger partial charge in [-0.15, -0.1) is 0 Å². The molecule has 2 N–H and O–H groups in total. The first kappa shape index (κ1) is 12.2. The number of hydrogen-bond acceptors (Lipinski definition) is 6. The van der Waals surface area contributed by atoms with Gasteiger partial charge in [-0.25, -0.2) is 4.98 Å². The Balaban J connectivity index is 1.93. The highest BCUT2D eigenvalue weighted by Crippen LogP contribution is 2.19. The van der Waals surface area contributed by atoms with E-state index in [1.807, 2.05) is 6.26 Å². The van der Waals surface area contributed by atoms with E-state index in [4.69, 9.17) is 4.52 Å². The maximum Gasteiger partial charge on any atom is 0.293 e. The molecule has 0 aliphatic carbocycles. The van der Waals surface area contributed by atoms with Crippen LogP contribution in [0.4, 0.5) is 0 Å². The van der Waals surface area contributed by atoms with E-state index < -0.39 is 0 Å². The van der Waals surface area contributed by atoms with Crippen LogP contribution in [0.25, 0.3) is 11.7 Å². The molecule has 0 radical (unpaired) electrons. The van der Waals surface area contributed by atoms with Crippen LogP contribution in [0, 0.1) is 0 Å². The summed E-state index contributed by atoms with van der Waals surface area (Å²) in [4.78, 5) is 23.4. The summed E-state index contributed by atoms with van der Waals surface area (Å²) in [5.74, 6) is 1.94. The summed E-state index contributed by atoms with van der Waals surface area (Å²) in [7, 11) is 0. The average molecular weight is 279 g/mol. The molecule has 3 heterocycles. The highest BCUT2D eigenvalue weighted by molar-refractivity contribution is 7.97. The molecule has 19 heavy (non-hydrogen) atoms. The molecular weight excluding hydrogens is 266 g/mol. The molecule has 0 unspecified atom stereocenters. The number of rotatable bonds is 3. The summed E-state index contributed by atoms with van der Waals surface area (Å²) in [6, 6.07) is 0. The lowest BCUT2D eigenvalue weighted by Crippen LogP contribution is -2.23. The van der Waals surface area contributed by atoms with E-state index in [-0.39, 0.29) is 5.91 Å². The Hall–Kier alpha value is -1.83. The molecule has 0 aromatic carbocycles. The van der Waals surface area contributed by atoms with Gasteiger partial charge in [0.1, 0.15) is 5.69 Å². The van der Waals surface area contributed by atoms with Crippen LogP contribution in [0.1, 0.15) is 28.4 Å². The minimum atomic E-state index is -0.154. The normalized spacial score (nSPS) is 14.9. The third-order valence-electron chi connectivity index (χ3n) is 2.83. The molecule has 0 spiro atoms. The lowest BCUT2D eigenvalue weighted by molar-refractivity contribution is 0.0951. The van der Waals surface area contributed by atoms with Crippen LogP contribution in [0.3, 0.4) is 0 Å². The van der Waals surface area contributed by atoms with E-state index in [0.29, 0.717) is 35.5 Å². The van der Waals surface area contributed by atoms with Crippen LogP contribution in [-0.4, -0.2) is 38.8 Å². The Morgan fingerprint density at radius 1 is 1.42 bits per heavy atom. The molecule has 7 nitrogen and oxygen atoms in total. The fraction of sp³-hybridized carbons (Fsp3) is 0.455. The molecule has 0 atom stereocenters. The number of nitrogens with one attached hydrogen (secondary N) is 2. The first-order valence-electron chi connectivity index (χ1n) is 5.97. The number of carbonyl (C=O) groups excluding carboxylic acids is 1. The van der Waals surface area contributed by atoms with Crippen LogP contribution in [-0.2, 0) is 12.2 Å². The number of aromatic amines is 1. The molecule has 3 rings (SSSR count). The molecule has 0 fully saturated rings. The zero-order valence-electron chi connectivity index (χ0n) is 10.4. The lowest BCUT2D eigenvalue weighted by Gasteiger charge is -1.95. The van der Waals surface area contributed by atoms with Gasteiger partial charge in [0.25, 0.3) is 11.8 Å². The first-order valence-corrected chi connectivity index (χ1v) is 7.36. The van der Waals surface area contributed by atoms with Gasteiger partial charge in [-0.2, -0.15) is 16.7 Å². The van der Waals surface area contributed by atoms with Gasteiger partial charge < -0.3 is 14.8 Å². The molecule has 0 bridgehead atoms. The van der Waals surface area contributed by atoms with Gasteiger partial charge >= 0.3 is 0 Å². The second kappa shape index (κ2) is 5.04. The Labute approximate surface area is 113 Å². The summed E-state index contributed by atoms with van der Waals surface area (Å²) < 4.78 is 5.15. The Morgan fingerprint density at radius 2 is 2.32 bits per heavy atom. The molecule has 100 valence electrons. The number of carbonyl (C=O) groups is 1. The van der Waals surface area contributed by atoms with Crippen molar-refractivity contribution in [3.05, 3.63) is 17.2 Å². The number of hydrogen-bond donors (Lipinski definition) is 2. The first-order chi connectivity index (χ1) is 9.28. The quantitative estimate of drug-likeness (QED) is 0.870. The summed E-state index contributed by atoms with van der Waals surface area (Å²) in [5.41, 5.74) is 1.26. The van der Waals surface area contributed by atoms with Crippen LogP contribution in [0.15, 0.2) is 4.52 Å². The van der Waals surface area contributed by atoms with Crippen molar-refractivity contribution in [3.8, 4) is 11.7 Å². The number of aryl methyl sites for hydroxylation is 1. The van der Waals surface area contributed by atoms with E-state index in [1.54, 1.807) is 11.8 Å². The highest BCUT2D eigenvalue weighted by Gasteiger charge is 2.22. The number of nitrogens with zero attached hydrogens (tertiary/aromatic N) is 3. The van der Waals surface area contributed by atoms with Gasteiger partial charge in [-0.3, -0.25) is 4.79 Å². The van der Waals surface area contributed by atoms with Gasteiger partial charge in [0.15, 0.2) is 11.6 Å². The zero-order chi connectivity index (χ0) is 13.2. The number of fused-ring (bicyclic) bond motifs is 1. The van der Waals surface area contributed by atoms with E-state index in [9.17, 15) is 4.79 Å². The topological polar surface area (TPSA) is 96.7 Å². The van der Waals surface area contributed by atoms with Crippen molar-refractivity contribution in [2.75, 3.05) is 12.8 Å². The maximum absolute atomic E-state index is 11.8. The second-order valence-electron chi connectivity index (χ2n) is 4.22. The third kappa shape index (κ3) is 2.35. The minimum absolute atomic E-state index is 0.154. The van der Waals surface area contributed by atoms with Gasteiger partial charge in [0.2, 0.25) is 0 Å². The van der Waals surface area contributed by atoms with E-state index >= 15 is 0 Å². The number of thioether (sulfide) groups is 1. The maximum atomic E-state index is 11.8. The van der Waals surface area contributed by atoms with Crippen LogP contribution in [0.5, 0.6) is 0 Å². The SMILES string of the molecule is CSCc1noc(-c2nc3c([nH]2)CCCNC3=O)n1. The van der Waals surface area contributed by atoms with Crippen molar-refractivity contribution < 1.29 is 9.32 Å². The predicted molar refractivity (Wildman–Crippen MR) is 69.8 cm³/mol. The zero-order valence-corrected chi connectivity index (χ0v) is 11.2. The number of H-pyrrole nitrogens is 1. The third-order valence-corrected chi connectivity index (χ3v) is 3.37. The molecule has 1 amide bonds. The Kier molecular flexibility index (Phi) is 3.24. The molecule has 0 saturated heterocycles. The Morgan fingerprint density at radius 3 is 3.16 bits per heavy atom. The monoisotopic (exact) mass is 279 g/mol. The molecule has 0 saturated carbocycles. The van der Waals surface area contributed by atoms with Gasteiger partial charge in [-0.05, 0) is 19.1 Å². The van der Waals surface area contributed by atoms with Gasteiger partial charge in [0.05, 0.1) is 5.75 Å².